The Morgan fingerprint density at radius 2 is 2.22 bits per heavy atom. The molecule has 5 heteroatoms. The average Bonchev–Trinajstić information content (AvgIpc) is 2.29. The van der Waals surface area contributed by atoms with Gasteiger partial charge in [-0.1, -0.05) is 11.6 Å². The molecule has 1 aromatic carbocycles. The van der Waals surface area contributed by atoms with E-state index in [0.29, 0.717) is 10.6 Å². The summed E-state index contributed by atoms with van der Waals surface area (Å²) in [6.07, 6.45) is 0. The first-order chi connectivity index (χ1) is 8.42. The van der Waals surface area contributed by atoms with Crippen molar-refractivity contribution in [3.8, 4) is 0 Å². The number of hydrogen-bond acceptors (Lipinski definition) is 3. The number of nitrogens with zero attached hydrogens (tertiary/aromatic N) is 1. The molecule has 0 bridgehead atoms. The fourth-order valence-electron chi connectivity index (χ4n) is 2.37. The molecule has 1 heterocycles. The molecule has 0 radical (unpaired) electrons. The minimum Gasteiger partial charge on any atom is -0.366 e. The lowest BCUT2D eigenvalue weighted by atomic mass is 9.97. The summed E-state index contributed by atoms with van der Waals surface area (Å²) in [5, 5.41) is 3.88. The largest absolute Gasteiger partial charge is 0.366 e. The molecule has 1 aliphatic heterocycles. The molecule has 18 heavy (non-hydrogen) atoms. The van der Waals surface area contributed by atoms with E-state index in [4.69, 9.17) is 17.3 Å². The van der Waals surface area contributed by atoms with Gasteiger partial charge in [0.15, 0.2) is 0 Å². The van der Waals surface area contributed by atoms with Crippen LogP contribution in [0.3, 0.4) is 0 Å². The van der Waals surface area contributed by atoms with E-state index in [2.05, 4.69) is 24.1 Å². The van der Waals surface area contributed by atoms with E-state index in [0.717, 1.165) is 25.3 Å². The summed E-state index contributed by atoms with van der Waals surface area (Å²) >= 11 is 5.93. The predicted octanol–water partition coefficient (Wildman–Crippen LogP) is 1.63. The number of nitrogens with two attached hydrogens (primary N) is 1. The Labute approximate surface area is 112 Å². The van der Waals surface area contributed by atoms with E-state index >= 15 is 0 Å². The number of anilines is 1. The van der Waals surface area contributed by atoms with Gasteiger partial charge in [0.05, 0.1) is 11.3 Å². The molecule has 3 N–H and O–H groups in total. The molecule has 2 rings (SSSR count). The van der Waals surface area contributed by atoms with E-state index in [1.807, 2.05) is 6.07 Å². The number of carbonyl (C=O) groups excluding carboxylic acids is 1. The number of nitrogens with one attached hydrogen (secondary N) is 1. The maximum atomic E-state index is 11.5. The fourth-order valence-corrected chi connectivity index (χ4v) is 2.54. The Bertz CT molecular complexity index is 473. The van der Waals surface area contributed by atoms with Crippen molar-refractivity contribution in [2.75, 3.05) is 24.5 Å². The van der Waals surface area contributed by atoms with E-state index in [9.17, 15) is 4.79 Å². The zero-order chi connectivity index (χ0) is 13.3. The topological polar surface area (TPSA) is 58.4 Å². The molecule has 1 aromatic rings. The second kappa shape index (κ2) is 4.78. The first-order valence-electron chi connectivity index (χ1n) is 5.99. The summed E-state index contributed by atoms with van der Waals surface area (Å²) in [7, 11) is 0. The molecule has 1 fully saturated rings. The van der Waals surface area contributed by atoms with Gasteiger partial charge < -0.3 is 16.0 Å². The number of hydrogen-bond donors (Lipinski definition) is 2. The monoisotopic (exact) mass is 267 g/mol. The second-order valence-electron chi connectivity index (χ2n) is 5.17. The van der Waals surface area contributed by atoms with Crippen molar-refractivity contribution in [3.05, 3.63) is 28.8 Å². The quantitative estimate of drug-likeness (QED) is 0.856. The summed E-state index contributed by atoms with van der Waals surface area (Å²) in [6, 6.07) is 5.30. The fraction of sp³-hybridized carbons (Fsp3) is 0.462. The van der Waals surface area contributed by atoms with Crippen LogP contribution < -0.4 is 16.0 Å². The molecular formula is C13H18ClN3O. The molecule has 0 saturated carbocycles. The number of benzene rings is 1. The minimum absolute atomic E-state index is 0.0592. The number of rotatable bonds is 2. The Morgan fingerprint density at radius 1 is 1.50 bits per heavy atom. The lowest BCUT2D eigenvalue weighted by Gasteiger charge is -2.45. The molecule has 1 saturated heterocycles. The van der Waals surface area contributed by atoms with Gasteiger partial charge in [-0.05, 0) is 32.0 Å². The zero-order valence-corrected chi connectivity index (χ0v) is 11.4. The highest BCUT2D eigenvalue weighted by Crippen LogP contribution is 2.30. The Morgan fingerprint density at radius 3 is 2.83 bits per heavy atom. The highest BCUT2D eigenvalue weighted by molar-refractivity contribution is 6.31. The number of piperazine rings is 1. The maximum absolute atomic E-state index is 11.5. The Hall–Kier alpha value is -1.26. The Kier molecular flexibility index (Phi) is 3.50. The molecule has 0 spiro atoms. The highest BCUT2D eigenvalue weighted by atomic mass is 35.5. The molecule has 0 aromatic heterocycles. The van der Waals surface area contributed by atoms with Crippen LogP contribution in [0.4, 0.5) is 5.69 Å². The van der Waals surface area contributed by atoms with Crippen molar-refractivity contribution in [1.82, 2.24) is 5.32 Å². The molecule has 98 valence electrons. The van der Waals surface area contributed by atoms with Crippen molar-refractivity contribution in [1.29, 1.82) is 0 Å². The van der Waals surface area contributed by atoms with E-state index in [-0.39, 0.29) is 5.54 Å². The van der Waals surface area contributed by atoms with Crippen LogP contribution in [0.2, 0.25) is 5.02 Å². The third kappa shape index (κ3) is 2.44. The predicted molar refractivity (Wildman–Crippen MR) is 74.3 cm³/mol. The zero-order valence-electron chi connectivity index (χ0n) is 10.7. The van der Waals surface area contributed by atoms with Gasteiger partial charge in [0, 0.05) is 30.2 Å². The summed E-state index contributed by atoms with van der Waals surface area (Å²) < 4.78 is 0. The molecule has 1 aliphatic rings. The van der Waals surface area contributed by atoms with Crippen LogP contribution >= 0.6 is 11.6 Å². The summed E-state index contributed by atoms with van der Waals surface area (Å²) in [5.74, 6) is -0.443. The average molecular weight is 268 g/mol. The van der Waals surface area contributed by atoms with E-state index < -0.39 is 5.91 Å². The van der Waals surface area contributed by atoms with Crippen LogP contribution in [0.1, 0.15) is 24.2 Å². The van der Waals surface area contributed by atoms with Crippen LogP contribution in [-0.4, -0.2) is 31.1 Å². The summed E-state index contributed by atoms with van der Waals surface area (Å²) in [5.41, 5.74) is 6.72. The van der Waals surface area contributed by atoms with Gasteiger partial charge in [0.2, 0.25) is 0 Å². The standard InChI is InChI=1S/C13H18ClN3O/c1-13(2)8-16-5-6-17(13)11-4-3-9(14)7-10(11)12(15)18/h3-4,7,16H,5-6,8H2,1-2H3,(H2,15,18). The van der Waals surface area contributed by atoms with Gasteiger partial charge in [-0.15, -0.1) is 0 Å². The lowest BCUT2D eigenvalue weighted by Crippen LogP contribution is -2.58. The Balaban J connectivity index is 2.46. The minimum atomic E-state index is -0.443. The number of halogens is 1. The first-order valence-corrected chi connectivity index (χ1v) is 6.37. The number of carbonyl (C=O) groups is 1. The van der Waals surface area contributed by atoms with Crippen LogP contribution in [0, 0.1) is 0 Å². The van der Waals surface area contributed by atoms with Crippen LogP contribution in [-0.2, 0) is 0 Å². The van der Waals surface area contributed by atoms with Crippen molar-refractivity contribution in [2.24, 2.45) is 5.73 Å². The molecular weight excluding hydrogens is 250 g/mol. The lowest BCUT2D eigenvalue weighted by molar-refractivity contribution is 0.100. The van der Waals surface area contributed by atoms with E-state index in [1.54, 1.807) is 12.1 Å². The van der Waals surface area contributed by atoms with Crippen molar-refractivity contribution in [3.63, 3.8) is 0 Å². The van der Waals surface area contributed by atoms with Gasteiger partial charge in [0.25, 0.3) is 5.91 Å². The third-order valence-corrected chi connectivity index (χ3v) is 3.55. The van der Waals surface area contributed by atoms with Crippen molar-refractivity contribution >= 4 is 23.2 Å². The molecule has 4 nitrogen and oxygen atoms in total. The van der Waals surface area contributed by atoms with Crippen LogP contribution in [0.25, 0.3) is 0 Å². The molecule has 0 aliphatic carbocycles. The van der Waals surface area contributed by atoms with Crippen LogP contribution in [0.5, 0.6) is 0 Å². The normalized spacial score (nSPS) is 18.7. The van der Waals surface area contributed by atoms with Gasteiger partial charge in [-0.25, -0.2) is 0 Å². The van der Waals surface area contributed by atoms with Gasteiger partial charge in [-0.2, -0.15) is 0 Å². The SMILES string of the molecule is CC1(C)CNCCN1c1ccc(Cl)cc1C(N)=O. The summed E-state index contributed by atoms with van der Waals surface area (Å²) in [6.45, 7) is 6.88. The maximum Gasteiger partial charge on any atom is 0.250 e. The van der Waals surface area contributed by atoms with Crippen molar-refractivity contribution < 1.29 is 4.79 Å². The first kappa shape index (κ1) is 13.2. The van der Waals surface area contributed by atoms with Gasteiger partial charge in [0.1, 0.15) is 0 Å². The highest BCUT2D eigenvalue weighted by Gasteiger charge is 2.31. The molecule has 1 amide bonds. The third-order valence-electron chi connectivity index (χ3n) is 3.32. The smallest absolute Gasteiger partial charge is 0.250 e. The summed E-state index contributed by atoms with van der Waals surface area (Å²) in [4.78, 5) is 13.8. The van der Waals surface area contributed by atoms with Crippen LogP contribution in [0.15, 0.2) is 18.2 Å². The van der Waals surface area contributed by atoms with Gasteiger partial charge in [-0.3, -0.25) is 4.79 Å². The van der Waals surface area contributed by atoms with Crippen molar-refractivity contribution in [2.45, 2.75) is 19.4 Å². The second-order valence-corrected chi connectivity index (χ2v) is 5.60. The number of primary amides is 1. The van der Waals surface area contributed by atoms with Gasteiger partial charge >= 0.3 is 0 Å². The number of amides is 1. The van der Waals surface area contributed by atoms with E-state index in [1.165, 1.54) is 0 Å². The molecule has 0 unspecified atom stereocenters. The molecule has 0 atom stereocenters.